The standard InChI is InChI=1S/C12H10F3NO3/c1-2-19-11(18)8-3-6-5-16-9(12(13,14)15)4-7(6)10(8)17/h4-5,8H,2-3H2,1H3. The normalized spacial score (nSPS) is 18.3. The Morgan fingerprint density at radius 2 is 2.21 bits per heavy atom. The Hall–Kier alpha value is -1.92. The van der Waals surface area contributed by atoms with Crippen molar-refractivity contribution >= 4 is 11.8 Å². The molecule has 1 aliphatic carbocycles. The van der Waals surface area contributed by atoms with Crippen molar-refractivity contribution in [2.24, 2.45) is 5.92 Å². The first-order valence-corrected chi connectivity index (χ1v) is 5.61. The Morgan fingerprint density at radius 3 is 2.79 bits per heavy atom. The van der Waals surface area contributed by atoms with Crippen molar-refractivity contribution in [3.05, 3.63) is 29.1 Å². The van der Waals surface area contributed by atoms with Crippen LogP contribution < -0.4 is 0 Å². The molecule has 102 valence electrons. The second kappa shape index (κ2) is 4.64. The molecule has 1 aromatic heterocycles. The second-order valence-corrected chi connectivity index (χ2v) is 4.10. The molecule has 0 bridgehead atoms. The quantitative estimate of drug-likeness (QED) is 0.611. The molecule has 0 fully saturated rings. The molecule has 1 heterocycles. The monoisotopic (exact) mass is 273 g/mol. The van der Waals surface area contributed by atoms with Crippen LogP contribution in [0.2, 0.25) is 0 Å². The lowest BCUT2D eigenvalue weighted by molar-refractivity contribution is -0.146. The fraction of sp³-hybridized carbons (Fsp3) is 0.417. The summed E-state index contributed by atoms with van der Waals surface area (Å²) in [5, 5.41) is 0. The van der Waals surface area contributed by atoms with Gasteiger partial charge in [-0.3, -0.25) is 14.6 Å². The van der Waals surface area contributed by atoms with Gasteiger partial charge in [0.15, 0.2) is 5.78 Å². The van der Waals surface area contributed by atoms with Crippen LogP contribution >= 0.6 is 0 Å². The van der Waals surface area contributed by atoms with Crippen LogP contribution in [0.15, 0.2) is 12.3 Å². The third-order valence-electron chi connectivity index (χ3n) is 2.85. The van der Waals surface area contributed by atoms with Gasteiger partial charge in [-0.05, 0) is 25.0 Å². The number of rotatable bonds is 2. The molecular formula is C12H10F3NO3. The second-order valence-electron chi connectivity index (χ2n) is 4.10. The SMILES string of the molecule is CCOC(=O)C1Cc2cnc(C(F)(F)F)cc2C1=O. The first-order chi connectivity index (χ1) is 8.84. The highest BCUT2D eigenvalue weighted by Crippen LogP contribution is 2.33. The highest BCUT2D eigenvalue weighted by atomic mass is 19.4. The number of halogens is 3. The van der Waals surface area contributed by atoms with E-state index in [4.69, 9.17) is 4.74 Å². The van der Waals surface area contributed by atoms with Crippen molar-refractivity contribution in [3.8, 4) is 0 Å². The summed E-state index contributed by atoms with van der Waals surface area (Å²) < 4.78 is 42.2. The third-order valence-corrected chi connectivity index (χ3v) is 2.85. The molecule has 1 aliphatic rings. The summed E-state index contributed by atoms with van der Waals surface area (Å²) in [6.07, 6.45) is -3.58. The molecule has 7 heteroatoms. The van der Waals surface area contributed by atoms with Gasteiger partial charge in [0, 0.05) is 11.8 Å². The number of Topliss-reactive ketones (excluding diaryl/α,β-unsaturated/α-hetero) is 1. The molecule has 0 radical (unpaired) electrons. The largest absolute Gasteiger partial charge is 0.465 e. The smallest absolute Gasteiger partial charge is 0.433 e. The number of ether oxygens (including phenoxy) is 1. The third kappa shape index (κ3) is 2.45. The highest BCUT2D eigenvalue weighted by Gasteiger charge is 2.40. The molecule has 1 unspecified atom stereocenters. The lowest BCUT2D eigenvalue weighted by atomic mass is 10.1. The van der Waals surface area contributed by atoms with Gasteiger partial charge in [-0.15, -0.1) is 0 Å². The van der Waals surface area contributed by atoms with Gasteiger partial charge in [0.2, 0.25) is 0 Å². The van der Waals surface area contributed by atoms with Gasteiger partial charge >= 0.3 is 12.1 Å². The van der Waals surface area contributed by atoms with Crippen LogP contribution in [-0.2, 0) is 22.1 Å². The number of aromatic nitrogens is 1. The summed E-state index contributed by atoms with van der Waals surface area (Å²) in [4.78, 5) is 26.7. The Kier molecular flexibility index (Phi) is 3.30. The maximum Gasteiger partial charge on any atom is 0.433 e. The lowest BCUT2D eigenvalue weighted by Gasteiger charge is -2.06. The van der Waals surface area contributed by atoms with E-state index in [1.165, 1.54) is 0 Å². The first kappa shape index (κ1) is 13.5. The average Bonchev–Trinajstić information content (AvgIpc) is 2.66. The number of carbonyl (C=O) groups is 2. The molecule has 0 aromatic carbocycles. The van der Waals surface area contributed by atoms with Crippen LogP contribution in [0.5, 0.6) is 0 Å². The van der Waals surface area contributed by atoms with Crippen molar-refractivity contribution in [2.75, 3.05) is 6.61 Å². The predicted molar refractivity (Wildman–Crippen MR) is 57.4 cm³/mol. The molecule has 0 N–H and O–H groups in total. The van der Waals surface area contributed by atoms with E-state index < -0.39 is 29.5 Å². The average molecular weight is 273 g/mol. The van der Waals surface area contributed by atoms with Crippen LogP contribution in [0.1, 0.15) is 28.5 Å². The zero-order chi connectivity index (χ0) is 14.2. The molecular weight excluding hydrogens is 263 g/mol. The lowest BCUT2D eigenvalue weighted by Crippen LogP contribution is -2.23. The van der Waals surface area contributed by atoms with Gasteiger partial charge in [-0.2, -0.15) is 13.2 Å². The number of pyridine rings is 1. The summed E-state index contributed by atoms with van der Waals surface area (Å²) in [7, 11) is 0. The fourth-order valence-corrected chi connectivity index (χ4v) is 1.96. The van der Waals surface area contributed by atoms with Crippen molar-refractivity contribution < 1.29 is 27.5 Å². The number of ketones is 1. The van der Waals surface area contributed by atoms with E-state index in [0.29, 0.717) is 11.6 Å². The zero-order valence-corrected chi connectivity index (χ0v) is 9.95. The molecule has 0 saturated heterocycles. The zero-order valence-electron chi connectivity index (χ0n) is 9.95. The van der Waals surface area contributed by atoms with Crippen molar-refractivity contribution in [3.63, 3.8) is 0 Å². The Balaban J connectivity index is 2.32. The molecule has 2 rings (SSSR count). The summed E-state index contributed by atoms with van der Waals surface area (Å²) in [5.74, 6) is -2.40. The molecule has 0 aliphatic heterocycles. The maximum absolute atomic E-state index is 12.5. The van der Waals surface area contributed by atoms with E-state index in [9.17, 15) is 22.8 Å². The number of hydrogen-bond donors (Lipinski definition) is 0. The van der Waals surface area contributed by atoms with E-state index in [0.717, 1.165) is 6.20 Å². The summed E-state index contributed by atoms with van der Waals surface area (Å²) in [5.41, 5.74) is -0.888. The Morgan fingerprint density at radius 1 is 1.53 bits per heavy atom. The van der Waals surface area contributed by atoms with E-state index in [1.54, 1.807) is 6.92 Å². The van der Waals surface area contributed by atoms with Gasteiger partial charge in [-0.1, -0.05) is 0 Å². The molecule has 0 amide bonds. The van der Waals surface area contributed by atoms with Gasteiger partial charge in [0.05, 0.1) is 6.61 Å². The molecule has 0 saturated carbocycles. The molecule has 1 aromatic rings. The maximum atomic E-state index is 12.5. The van der Waals surface area contributed by atoms with Crippen LogP contribution in [0, 0.1) is 5.92 Å². The van der Waals surface area contributed by atoms with Gasteiger partial charge in [0.25, 0.3) is 0 Å². The van der Waals surface area contributed by atoms with E-state index in [2.05, 4.69) is 4.98 Å². The van der Waals surface area contributed by atoms with Gasteiger partial charge in [0.1, 0.15) is 11.6 Å². The molecule has 19 heavy (non-hydrogen) atoms. The van der Waals surface area contributed by atoms with E-state index in [-0.39, 0.29) is 18.6 Å². The first-order valence-electron chi connectivity index (χ1n) is 5.61. The van der Waals surface area contributed by atoms with Gasteiger partial charge in [-0.25, -0.2) is 0 Å². The Bertz CT molecular complexity index is 540. The van der Waals surface area contributed by atoms with Gasteiger partial charge < -0.3 is 4.74 Å². The van der Waals surface area contributed by atoms with E-state index >= 15 is 0 Å². The summed E-state index contributed by atoms with van der Waals surface area (Å²) in [6, 6.07) is 0.691. The highest BCUT2D eigenvalue weighted by molar-refractivity contribution is 6.12. The number of alkyl halides is 3. The predicted octanol–water partition coefficient (Wildman–Crippen LogP) is 2.02. The minimum absolute atomic E-state index is 0.0398. The topological polar surface area (TPSA) is 56.3 Å². The molecule has 1 atom stereocenters. The number of nitrogens with zero attached hydrogens (tertiary/aromatic N) is 1. The van der Waals surface area contributed by atoms with Crippen LogP contribution in [0.3, 0.4) is 0 Å². The molecule has 0 spiro atoms. The Labute approximate surface area is 106 Å². The number of hydrogen-bond acceptors (Lipinski definition) is 4. The fourth-order valence-electron chi connectivity index (χ4n) is 1.96. The van der Waals surface area contributed by atoms with Crippen LogP contribution in [0.4, 0.5) is 13.2 Å². The summed E-state index contributed by atoms with van der Waals surface area (Å²) >= 11 is 0. The minimum atomic E-state index is -4.61. The number of esters is 1. The van der Waals surface area contributed by atoms with Crippen molar-refractivity contribution in [1.29, 1.82) is 0 Å². The van der Waals surface area contributed by atoms with Crippen molar-refractivity contribution in [2.45, 2.75) is 19.5 Å². The van der Waals surface area contributed by atoms with Crippen molar-refractivity contribution in [1.82, 2.24) is 4.98 Å². The van der Waals surface area contributed by atoms with Crippen LogP contribution in [0.25, 0.3) is 0 Å². The number of fused-ring (bicyclic) bond motifs is 1. The number of carbonyl (C=O) groups excluding carboxylic acids is 2. The minimum Gasteiger partial charge on any atom is -0.465 e. The molecule has 4 nitrogen and oxygen atoms in total. The van der Waals surface area contributed by atoms with E-state index in [1.807, 2.05) is 0 Å². The van der Waals surface area contributed by atoms with Crippen LogP contribution in [-0.4, -0.2) is 23.3 Å². The summed E-state index contributed by atoms with van der Waals surface area (Å²) in [6.45, 7) is 1.71.